The van der Waals surface area contributed by atoms with Crippen molar-refractivity contribution >= 4 is 29.9 Å². The van der Waals surface area contributed by atoms with E-state index in [0.29, 0.717) is 23.1 Å². The molecule has 4 nitrogen and oxygen atoms in total. The summed E-state index contributed by atoms with van der Waals surface area (Å²) in [4.78, 5) is 14.2. The highest BCUT2D eigenvalue weighted by molar-refractivity contribution is 6.31. The minimum atomic E-state index is 0. The summed E-state index contributed by atoms with van der Waals surface area (Å²) in [6.45, 7) is 2.65. The molecule has 1 unspecified atom stereocenters. The van der Waals surface area contributed by atoms with Crippen LogP contribution >= 0.6 is 24.0 Å². The Morgan fingerprint density at radius 2 is 2.29 bits per heavy atom. The first-order chi connectivity index (χ1) is 9.63. The summed E-state index contributed by atoms with van der Waals surface area (Å²) < 4.78 is 5.11. The number of benzene rings is 1. The zero-order chi connectivity index (χ0) is 14.5. The lowest BCUT2D eigenvalue weighted by atomic mass is 10.1. The Kier molecular flexibility index (Phi) is 7.29. The second-order valence-electron chi connectivity index (χ2n) is 5.19. The van der Waals surface area contributed by atoms with Crippen LogP contribution in [0.3, 0.4) is 0 Å². The van der Waals surface area contributed by atoms with Crippen LogP contribution in [0.15, 0.2) is 18.2 Å². The molecule has 0 bridgehead atoms. The molecule has 118 valence electrons. The number of amides is 1. The summed E-state index contributed by atoms with van der Waals surface area (Å²) in [5.74, 6) is 1.42. The minimum absolute atomic E-state index is 0. The lowest BCUT2D eigenvalue weighted by Gasteiger charge is -2.17. The summed E-state index contributed by atoms with van der Waals surface area (Å²) in [6, 6.07) is 5.44. The van der Waals surface area contributed by atoms with Gasteiger partial charge >= 0.3 is 0 Å². The van der Waals surface area contributed by atoms with Gasteiger partial charge in [0.15, 0.2) is 0 Å². The monoisotopic (exact) mass is 332 g/mol. The Morgan fingerprint density at radius 3 is 2.90 bits per heavy atom. The molecule has 6 heteroatoms. The molecule has 1 N–H and O–H groups in total. The second-order valence-corrected chi connectivity index (χ2v) is 5.59. The molecule has 1 saturated heterocycles. The standard InChI is InChI=1S/C15H21ClN2O2.ClH/c1-17-9-11-5-6-18(10-11)15(19)7-12-3-4-13(20-2)8-14(12)16;/h3-4,8,11,17H,5-7,9-10H2,1-2H3;1H. The van der Waals surface area contributed by atoms with Crippen molar-refractivity contribution in [1.29, 1.82) is 0 Å². The van der Waals surface area contributed by atoms with Crippen LogP contribution in [0.5, 0.6) is 5.75 Å². The maximum Gasteiger partial charge on any atom is 0.227 e. The molecule has 0 radical (unpaired) electrons. The second kappa shape index (κ2) is 8.47. The van der Waals surface area contributed by atoms with Gasteiger partial charge in [-0.25, -0.2) is 0 Å². The number of halogens is 2. The van der Waals surface area contributed by atoms with Gasteiger partial charge in [0.25, 0.3) is 0 Å². The first kappa shape index (κ1) is 18.1. The van der Waals surface area contributed by atoms with E-state index >= 15 is 0 Å². The van der Waals surface area contributed by atoms with Crippen LogP contribution in [0.4, 0.5) is 0 Å². The molecule has 1 aromatic rings. The molecular weight excluding hydrogens is 311 g/mol. The Balaban J connectivity index is 0.00000220. The van der Waals surface area contributed by atoms with Crippen molar-refractivity contribution < 1.29 is 9.53 Å². The van der Waals surface area contributed by atoms with Crippen LogP contribution in [0, 0.1) is 5.92 Å². The zero-order valence-corrected chi connectivity index (χ0v) is 14.0. The SMILES string of the molecule is CNCC1CCN(C(=O)Cc2ccc(OC)cc2Cl)C1.Cl. The molecule has 0 saturated carbocycles. The number of nitrogens with zero attached hydrogens (tertiary/aromatic N) is 1. The van der Waals surface area contributed by atoms with Crippen LogP contribution in [-0.2, 0) is 11.2 Å². The molecule has 1 aromatic carbocycles. The summed E-state index contributed by atoms with van der Waals surface area (Å²) >= 11 is 6.18. The van der Waals surface area contributed by atoms with E-state index in [2.05, 4.69) is 5.32 Å². The third kappa shape index (κ3) is 4.77. The topological polar surface area (TPSA) is 41.6 Å². The van der Waals surface area contributed by atoms with Gasteiger partial charge in [0.2, 0.25) is 5.91 Å². The summed E-state index contributed by atoms with van der Waals surface area (Å²) in [5, 5.41) is 3.75. The van der Waals surface area contributed by atoms with Crippen molar-refractivity contribution in [2.45, 2.75) is 12.8 Å². The normalized spacial score (nSPS) is 17.5. The van der Waals surface area contributed by atoms with Gasteiger partial charge in [-0.2, -0.15) is 0 Å². The molecule has 0 aromatic heterocycles. The van der Waals surface area contributed by atoms with Crippen LogP contribution in [0.2, 0.25) is 5.02 Å². The van der Waals surface area contributed by atoms with E-state index in [0.717, 1.165) is 31.6 Å². The van der Waals surface area contributed by atoms with Crippen LogP contribution < -0.4 is 10.1 Å². The Morgan fingerprint density at radius 1 is 1.52 bits per heavy atom. The van der Waals surface area contributed by atoms with Gasteiger partial charge in [-0.1, -0.05) is 17.7 Å². The molecule has 2 rings (SSSR count). The fourth-order valence-corrected chi connectivity index (χ4v) is 2.82. The number of hydrogen-bond acceptors (Lipinski definition) is 3. The molecule has 1 aliphatic rings. The van der Waals surface area contributed by atoms with E-state index in [4.69, 9.17) is 16.3 Å². The van der Waals surface area contributed by atoms with Crippen LogP contribution in [0.25, 0.3) is 0 Å². The number of hydrogen-bond donors (Lipinski definition) is 1. The molecule has 1 heterocycles. The Bertz CT molecular complexity index is 483. The van der Waals surface area contributed by atoms with Gasteiger partial charge in [-0.15, -0.1) is 12.4 Å². The van der Waals surface area contributed by atoms with Gasteiger partial charge in [0.1, 0.15) is 5.75 Å². The van der Waals surface area contributed by atoms with E-state index in [1.807, 2.05) is 24.1 Å². The zero-order valence-electron chi connectivity index (χ0n) is 12.4. The lowest BCUT2D eigenvalue weighted by molar-refractivity contribution is -0.129. The largest absolute Gasteiger partial charge is 0.497 e. The van der Waals surface area contributed by atoms with Crippen molar-refractivity contribution in [1.82, 2.24) is 10.2 Å². The lowest BCUT2D eigenvalue weighted by Crippen LogP contribution is -2.31. The number of ether oxygens (including phenoxy) is 1. The highest BCUT2D eigenvalue weighted by Crippen LogP contribution is 2.24. The maximum atomic E-state index is 12.3. The van der Waals surface area contributed by atoms with Gasteiger partial charge in [0.05, 0.1) is 13.5 Å². The predicted molar refractivity (Wildman–Crippen MR) is 87.6 cm³/mol. The minimum Gasteiger partial charge on any atom is -0.497 e. The maximum absolute atomic E-state index is 12.3. The van der Waals surface area contributed by atoms with Crippen LogP contribution in [0.1, 0.15) is 12.0 Å². The van der Waals surface area contributed by atoms with E-state index in [9.17, 15) is 4.79 Å². The van der Waals surface area contributed by atoms with Gasteiger partial charge < -0.3 is 15.0 Å². The van der Waals surface area contributed by atoms with Crippen LogP contribution in [-0.4, -0.2) is 44.6 Å². The first-order valence-electron chi connectivity index (χ1n) is 6.88. The quantitative estimate of drug-likeness (QED) is 0.900. The average molecular weight is 333 g/mol. The number of rotatable bonds is 5. The van der Waals surface area contributed by atoms with Crippen molar-refractivity contribution in [3.63, 3.8) is 0 Å². The molecule has 21 heavy (non-hydrogen) atoms. The Labute approximate surface area is 137 Å². The highest BCUT2D eigenvalue weighted by Gasteiger charge is 2.25. The van der Waals surface area contributed by atoms with E-state index in [-0.39, 0.29) is 18.3 Å². The van der Waals surface area contributed by atoms with E-state index in [1.165, 1.54) is 0 Å². The van der Waals surface area contributed by atoms with E-state index < -0.39 is 0 Å². The van der Waals surface area contributed by atoms with Gasteiger partial charge in [-0.05, 0) is 43.6 Å². The molecular formula is C15H22Cl2N2O2. The molecule has 0 spiro atoms. The van der Waals surface area contributed by atoms with Gasteiger partial charge in [0, 0.05) is 18.1 Å². The number of carbonyl (C=O) groups is 1. The average Bonchev–Trinajstić information content (AvgIpc) is 2.90. The molecule has 1 amide bonds. The number of methoxy groups -OCH3 is 1. The first-order valence-corrected chi connectivity index (χ1v) is 7.26. The summed E-state index contributed by atoms with van der Waals surface area (Å²) in [7, 11) is 3.55. The highest BCUT2D eigenvalue weighted by atomic mass is 35.5. The third-order valence-corrected chi connectivity index (χ3v) is 4.09. The third-order valence-electron chi connectivity index (χ3n) is 3.73. The van der Waals surface area contributed by atoms with E-state index in [1.54, 1.807) is 13.2 Å². The van der Waals surface area contributed by atoms with Crippen molar-refractivity contribution in [3.8, 4) is 5.75 Å². The molecule has 1 fully saturated rings. The number of likely N-dealkylation sites (tertiary alicyclic amines) is 1. The summed E-state index contributed by atoms with van der Waals surface area (Å²) in [6.07, 6.45) is 1.43. The fourth-order valence-electron chi connectivity index (χ4n) is 2.59. The predicted octanol–water partition coefficient (Wildman–Crippen LogP) is 2.38. The van der Waals surface area contributed by atoms with Crippen molar-refractivity contribution in [2.75, 3.05) is 33.8 Å². The number of nitrogens with one attached hydrogen (secondary N) is 1. The molecule has 1 atom stereocenters. The van der Waals surface area contributed by atoms with Gasteiger partial charge in [-0.3, -0.25) is 4.79 Å². The Hall–Kier alpha value is -0.970. The summed E-state index contributed by atoms with van der Waals surface area (Å²) in [5.41, 5.74) is 0.856. The van der Waals surface area contributed by atoms with Crippen molar-refractivity contribution in [3.05, 3.63) is 28.8 Å². The molecule has 0 aliphatic carbocycles. The van der Waals surface area contributed by atoms with Crippen molar-refractivity contribution in [2.24, 2.45) is 5.92 Å². The number of carbonyl (C=O) groups excluding carboxylic acids is 1. The molecule has 1 aliphatic heterocycles. The fraction of sp³-hybridized carbons (Fsp3) is 0.533. The smallest absolute Gasteiger partial charge is 0.227 e.